The highest BCUT2D eigenvalue weighted by Gasteiger charge is 2.27. The van der Waals surface area contributed by atoms with Crippen LogP contribution in [0.4, 0.5) is 0 Å². The van der Waals surface area contributed by atoms with Crippen molar-refractivity contribution in [3.8, 4) is 0 Å². The molecule has 0 N–H and O–H groups in total. The fraction of sp³-hybridized carbons (Fsp3) is 0.946. The second-order valence-corrected chi connectivity index (χ2v) is 12.8. The van der Waals surface area contributed by atoms with Gasteiger partial charge in [0.05, 0.1) is 19.1 Å². The number of carbonyl (C=O) groups excluding carboxylic acids is 2. The molecule has 0 aliphatic heterocycles. The van der Waals surface area contributed by atoms with E-state index in [4.69, 9.17) is 9.47 Å². The molecule has 4 atom stereocenters. The zero-order chi connectivity index (χ0) is 30.6. The third-order valence-electron chi connectivity index (χ3n) is 9.32. The van der Waals surface area contributed by atoms with Gasteiger partial charge in [0.2, 0.25) is 0 Å². The molecule has 41 heavy (non-hydrogen) atoms. The van der Waals surface area contributed by atoms with Crippen LogP contribution in [0.2, 0.25) is 0 Å². The quantitative estimate of drug-likeness (QED) is 0.0626. The highest BCUT2D eigenvalue weighted by Crippen LogP contribution is 2.27. The maximum Gasteiger partial charge on any atom is 0.309 e. The van der Waals surface area contributed by atoms with Gasteiger partial charge in [-0.25, -0.2) is 0 Å². The number of unbranched alkanes of at least 4 members (excludes halogenated alkanes) is 12. The fourth-order valence-corrected chi connectivity index (χ4v) is 6.04. The monoisotopic (exact) mass is 581 g/mol. The summed E-state index contributed by atoms with van der Waals surface area (Å²) in [6.45, 7) is 14.4. The lowest BCUT2D eigenvalue weighted by molar-refractivity contribution is -0.152. The molecule has 0 heterocycles. The van der Waals surface area contributed by atoms with E-state index >= 15 is 0 Å². The maximum atomic E-state index is 12.9. The van der Waals surface area contributed by atoms with Crippen molar-refractivity contribution >= 4 is 11.9 Å². The number of rotatable bonds is 30. The molecule has 4 unspecified atom stereocenters. The third-order valence-corrected chi connectivity index (χ3v) is 9.32. The minimum Gasteiger partial charge on any atom is -0.465 e. The Morgan fingerprint density at radius 2 is 0.951 bits per heavy atom. The van der Waals surface area contributed by atoms with Crippen LogP contribution in [0.15, 0.2) is 0 Å². The Morgan fingerprint density at radius 1 is 0.488 bits per heavy atom. The molecule has 0 aromatic carbocycles. The highest BCUT2D eigenvalue weighted by atomic mass is 16.5. The summed E-state index contributed by atoms with van der Waals surface area (Å²) in [5.41, 5.74) is 0. The minimum absolute atomic E-state index is 0.00160. The Labute approximate surface area is 256 Å². The second kappa shape index (κ2) is 29.0. The number of hydrogen-bond donors (Lipinski definition) is 0. The number of hydrogen-bond acceptors (Lipinski definition) is 4. The molecule has 0 saturated carbocycles. The predicted molar refractivity (Wildman–Crippen MR) is 176 cm³/mol. The first kappa shape index (κ1) is 39.9. The van der Waals surface area contributed by atoms with Crippen LogP contribution in [0.5, 0.6) is 0 Å². The molecule has 4 nitrogen and oxygen atoms in total. The summed E-state index contributed by atoms with van der Waals surface area (Å²) in [5.74, 6) is 1.64. The maximum absolute atomic E-state index is 12.9. The Morgan fingerprint density at radius 3 is 1.39 bits per heavy atom. The van der Waals surface area contributed by atoms with Gasteiger partial charge in [0.25, 0.3) is 0 Å². The molecule has 0 aromatic heterocycles. The van der Waals surface area contributed by atoms with Crippen LogP contribution in [0.3, 0.4) is 0 Å². The van der Waals surface area contributed by atoms with E-state index in [2.05, 4.69) is 41.5 Å². The molecule has 0 fully saturated rings. The summed E-state index contributed by atoms with van der Waals surface area (Å²) < 4.78 is 11.3. The topological polar surface area (TPSA) is 52.6 Å². The molecular formula is C37H72O4. The van der Waals surface area contributed by atoms with E-state index in [-0.39, 0.29) is 17.9 Å². The Balaban J connectivity index is 3.81. The molecule has 0 amide bonds. The Hall–Kier alpha value is -1.06. The van der Waals surface area contributed by atoms with Gasteiger partial charge in [-0.3, -0.25) is 9.59 Å². The van der Waals surface area contributed by atoms with E-state index in [9.17, 15) is 9.59 Å². The van der Waals surface area contributed by atoms with Gasteiger partial charge in [-0.2, -0.15) is 0 Å². The molecule has 0 aliphatic carbocycles. The van der Waals surface area contributed by atoms with Crippen molar-refractivity contribution in [2.45, 2.75) is 189 Å². The van der Waals surface area contributed by atoms with Gasteiger partial charge in [-0.15, -0.1) is 0 Å². The number of ether oxygens (including phenoxy) is 2. The van der Waals surface area contributed by atoms with Crippen LogP contribution in [-0.4, -0.2) is 25.2 Å². The van der Waals surface area contributed by atoms with E-state index in [1.807, 2.05) is 0 Å². The zero-order valence-corrected chi connectivity index (χ0v) is 28.6. The summed E-state index contributed by atoms with van der Waals surface area (Å²) in [6.07, 6.45) is 26.9. The van der Waals surface area contributed by atoms with Crippen molar-refractivity contribution < 1.29 is 19.1 Å². The zero-order valence-electron chi connectivity index (χ0n) is 28.6. The van der Waals surface area contributed by atoms with Crippen LogP contribution in [0.1, 0.15) is 189 Å². The van der Waals surface area contributed by atoms with Crippen LogP contribution < -0.4 is 0 Å². The van der Waals surface area contributed by atoms with E-state index in [0.29, 0.717) is 37.4 Å². The minimum atomic E-state index is -0.00160. The second-order valence-electron chi connectivity index (χ2n) is 12.8. The van der Waals surface area contributed by atoms with Crippen LogP contribution >= 0.6 is 0 Å². The van der Waals surface area contributed by atoms with Crippen molar-refractivity contribution in [2.24, 2.45) is 23.7 Å². The highest BCUT2D eigenvalue weighted by molar-refractivity contribution is 5.72. The van der Waals surface area contributed by atoms with Crippen molar-refractivity contribution in [1.29, 1.82) is 0 Å². The van der Waals surface area contributed by atoms with Gasteiger partial charge in [0.1, 0.15) is 0 Å². The Bertz CT molecular complexity index is 589. The van der Waals surface area contributed by atoms with Gasteiger partial charge in [0.15, 0.2) is 0 Å². The lowest BCUT2D eigenvalue weighted by Gasteiger charge is -2.25. The van der Waals surface area contributed by atoms with Crippen LogP contribution in [-0.2, 0) is 19.1 Å². The van der Waals surface area contributed by atoms with Crippen molar-refractivity contribution in [3.05, 3.63) is 0 Å². The van der Waals surface area contributed by atoms with Crippen LogP contribution in [0.25, 0.3) is 0 Å². The first-order valence-corrected chi connectivity index (χ1v) is 18.3. The van der Waals surface area contributed by atoms with Gasteiger partial charge in [0, 0.05) is 6.42 Å². The largest absolute Gasteiger partial charge is 0.465 e. The van der Waals surface area contributed by atoms with E-state index < -0.39 is 0 Å². The van der Waals surface area contributed by atoms with Crippen molar-refractivity contribution in [3.63, 3.8) is 0 Å². The summed E-state index contributed by atoms with van der Waals surface area (Å²) >= 11 is 0. The first-order chi connectivity index (χ1) is 20.0. The summed E-state index contributed by atoms with van der Waals surface area (Å²) in [7, 11) is 0. The molecule has 244 valence electrons. The summed E-state index contributed by atoms with van der Waals surface area (Å²) in [6, 6.07) is 0. The molecule has 0 spiro atoms. The first-order valence-electron chi connectivity index (χ1n) is 18.3. The molecule has 0 rings (SSSR count). The average molecular weight is 581 g/mol. The summed E-state index contributed by atoms with van der Waals surface area (Å²) in [4.78, 5) is 24.9. The lowest BCUT2D eigenvalue weighted by atomic mass is 9.84. The van der Waals surface area contributed by atoms with Crippen molar-refractivity contribution in [1.82, 2.24) is 0 Å². The smallest absolute Gasteiger partial charge is 0.309 e. The van der Waals surface area contributed by atoms with Gasteiger partial charge >= 0.3 is 11.9 Å². The molecule has 0 aromatic rings. The van der Waals surface area contributed by atoms with Gasteiger partial charge in [-0.05, 0) is 49.9 Å². The normalized spacial score (nSPS) is 14.4. The number of esters is 2. The predicted octanol–water partition coefficient (Wildman–Crippen LogP) is 11.6. The molecule has 0 bridgehead atoms. The molecular weight excluding hydrogens is 508 g/mol. The van der Waals surface area contributed by atoms with E-state index in [0.717, 1.165) is 44.9 Å². The molecule has 0 saturated heterocycles. The van der Waals surface area contributed by atoms with E-state index in [1.54, 1.807) is 0 Å². The van der Waals surface area contributed by atoms with Crippen LogP contribution in [0, 0.1) is 23.7 Å². The van der Waals surface area contributed by atoms with Gasteiger partial charge < -0.3 is 9.47 Å². The van der Waals surface area contributed by atoms with Crippen molar-refractivity contribution in [2.75, 3.05) is 13.2 Å². The molecule has 4 heteroatoms. The Kier molecular flexibility index (Phi) is 28.3. The molecule has 0 radical (unpaired) electrons. The standard InChI is InChI=1S/C37H72O4/c1-7-13-26-32(9-3)30-40-36(38)29-25-23-21-19-17-15-16-18-20-22-24-28-34(11-5)35(12-6)37(39)41-31-33(10-4)27-14-8-2/h32-35H,7-31H2,1-6H3. The number of carbonyl (C=O) groups is 2. The SMILES string of the molecule is CCCCC(CC)COC(=O)CCCCCCCCCCCCCC(CC)C(CC)C(=O)OCC(CC)CCCC. The summed E-state index contributed by atoms with van der Waals surface area (Å²) in [5, 5.41) is 0. The van der Waals surface area contributed by atoms with Gasteiger partial charge in [-0.1, -0.05) is 151 Å². The third kappa shape index (κ3) is 22.2. The lowest BCUT2D eigenvalue weighted by Crippen LogP contribution is -2.27. The molecule has 0 aliphatic rings. The average Bonchev–Trinajstić information content (AvgIpc) is 2.98. The van der Waals surface area contributed by atoms with E-state index in [1.165, 1.54) is 96.3 Å². The fourth-order valence-electron chi connectivity index (χ4n) is 6.04.